The lowest BCUT2D eigenvalue weighted by Crippen LogP contribution is -2.52. The van der Waals surface area contributed by atoms with Crippen LogP contribution in [0, 0.1) is 11.8 Å². The zero-order valence-corrected chi connectivity index (χ0v) is 13.7. The van der Waals surface area contributed by atoms with E-state index < -0.39 is 24.0 Å². The van der Waals surface area contributed by atoms with Crippen LogP contribution in [0.15, 0.2) is 0 Å². The zero-order valence-electron chi connectivity index (χ0n) is 13.7. The normalized spacial score (nSPS) is 18.5. The Morgan fingerprint density at radius 3 is 2.14 bits per heavy atom. The lowest BCUT2D eigenvalue weighted by Gasteiger charge is -2.23. The van der Waals surface area contributed by atoms with E-state index in [1.54, 1.807) is 20.8 Å². The van der Waals surface area contributed by atoms with Gasteiger partial charge in [-0.15, -0.1) is 0 Å². The molecule has 0 bridgehead atoms. The molecule has 2 amide bonds. The average molecular weight is 312 g/mol. The van der Waals surface area contributed by atoms with E-state index in [1.807, 2.05) is 0 Å². The molecule has 22 heavy (non-hydrogen) atoms. The molecule has 0 radical (unpaired) electrons. The second-order valence-corrected chi connectivity index (χ2v) is 6.57. The minimum Gasteiger partial charge on any atom is -0.480 e. The quantitative estimate of drug-likeness (QED) is 0.666. The third-order valence-corrected chi connectivity index (χ3v) is 4.20. The number of hydrogen-bond donors (Lipinski definition) is 3. The van der Waals surface area contributed by atoms with Crippen LogP contribution in [0.5, 0.6) is 0 Å². The van der Waals surface area contributed by atoms with Gasteiger partial charge in [-0.2, -0.15) is 0 Å². The summed E-state index contributed by atoms with van der Waals surface area (Å²) in [7, 11) is 0. The number of carbonyl (C=O) groups is 3. The molecule has 0 heterocycles. The molecule has 0 saturated heterocycles. The van der Waals surface area contributed by atoms with Gasteiger partial charge in [0.2, 0.25) is 11.8 Å². The molecule has 0 aromatic carbocycles. The molecule has 6 heteroatoms. The smallest absolute Gasteiger partial charge is 0.326 e. The lowest BCUT2D eigenvalue weighted by atomic mass is 9.87. The Balaban J connectivity index is 2.42. The minimum absolute atomic E-state index is 0.133. The Bertz CT molecular complexity index is 403. The van der Waals surface area contributed by atoms with Crippen LogP contribution in [0.25, 0.3) is 0 Å². The number of hydrogen-bond acceptors (Lipinski definition) is 3. The van der Waals surface area contributed by atoms with Gasteiger partial charge < -0.3 is 15.7 Å². The monoisotopic (exact) mass is 312 g/mol. The fourth-order valence-electron chi connectivity index (χ4n) is 2.81. The van der Waals surface area contributed by atoms with Crippen molar-refractivity contribution in [2.45, 2.75) is 71.4 Å². The maximum Gasteiger partial charge on any atom is 0.326 e. The van der Waals surface area contributed by atoms with Crippen molar-refractivity contribution < 1.29 is 19.5 Å². The summed E-state index contributed by atoms with van der Waals surface area (Å²) in [6, 6.07) is -1.66. The first-order valence-corrected chi connectivity index (χ1v) is 8.13. The van der Waals surface area contributed by atoms with Crippen molar-refractivity contribution in [3.63, 3.8) is 0 Å². The predicted octanol–water partition coefficient (Wildman–Crippen LogP) is 1.69. The van der Waals surface area contributed by atoms with Crippen molar-refractivity contribution >= 4 is 17.8 Å². The van der Waals surface area contributed by atoms with Gasteiger partial charge in [0, 0.05) is 6.42 Å². The Morgan fingerprint density at radius 2 is 1.64 bits per heavy atom. The Morgan fingerprint density at radius 1 is 1.05 bits per heavy atom. The molecule has 1 fully saturated rings. The molecule has 1 saturated carbocycles. The van der Waals surface area contributed by atoms with Crippen molar-refractivity contribution in [3.05, 3.63) is 0 Å². The third-order valence-electron chi connectivity index (χ3n) is 4.20. The second kappa shape index (κ2) is 8.76. The molecule has 1 aliphatic carbocycles. The number of carboxylic acids is 1. The molecule has 1 aliphatic rings. The topological polar surface area (TPSA) is 95.5 Å². The number of nitrogens with one attached hydrogen (secondary N) is 2. The van der Waals surface area contributed by atoms with Crippen LogP contribution in [-0.4, -0.2) is 35.0 Å². The van der Waals surface area contributed by atoms with Crippen molar-refractivity contribution in [2.75, 3.05) is 0 Å². The third kappa shape index (κ3) is 6.03. The van der Waals surface area contributed by atoms with Gasteiger partial charge in [0.15, 0.2) is 0 Å². The first kappa shape index (κ1) is 18.5. The van der Waals surface area contributed by atoms with Gasteiger partial charge in [0.25, 0.3) is 0 Å². The van der Waals surface area contributed by atoms with Gasteiger partial charge in [-0.1, -0.05) is 33.1 Å². The summed E-state index contributed by atoms with van der Waals surface area (Å²) in [4.78, 5) is 35.1. The summed E-state index contributed by atoms with van der Waals surface area (Å²) >= 11 is 0. The molecule has 0 aromatic heterocycles. The second-order valence-electron chi connectivity index (χ2n) is 6.57. The minimum atomic E-state index is -1.07. The maximum atomic E-state index is 12.0. The van der Waals surface area contributed by atoms with Crippen molar-refractivity contribution in [3.8, 4) is 0 Å². The van der Waals surface area contributed by atoms with E-state index in [9.17, 15) is 14.4 Å². The summed E-state index contributed by atoms with van der Waals surface area (Å²) in [5.41, 5.74) is 0. The molecule has 6 nitrogen and oxygen atoms in total. The Labute approximate surface area is 132 Å². The highest BCUT2D eigenvalue weighted by Crippen LogP contribution is 2.26. The van der Waals surface area contributed by atoms with Gasteiger partial charge in [-0.25, -0.2) is 4.79 Å². The molecular weight excluding hydrogens is 284 g/mol. The lowest BCUT2D eigenvalue weighted by molar-refractivity contribution is -0.143. The number of aliphatic carboxylic acids is 1. The molecule has 3 N–H and O–H groups in total. The zero-order chi connectivity index (χ0) is 16.7. The van der Waals surface area contributed by atoms with E-state index in [4.69, 9.17) is 5.11 Å². The van der Waals surface area contributed by atoms with Gasteiger partial charge in [0.05, 0.1) is 0 Å². The molecule has 0 spiro atoms. The molecule has 2 atom stereocenters. The first-order chi connectivity index (χ1) is 10.3. The fourth-order valence-corrected chi connectivity index (χ4v) is 2.81. The van der Waals surface area contributed by atoms with Crippen molar-refractivity contribution in [2.24, 2.45) is 11.8 Å². The summed E-state index contributed by atoms with van der Waals surface area (Å²) in [5, 5.41) is 14.2. The first-order valence-electron chi connectivity index (χ1n) is 8.13. The van der Waals surface area contributed by atoms with Crippen LogP contribution in [0.2, 0.25) is 0 Å². The summed E-state index contributed by atoms with van der Waals surface area (Å²) in [5.74, 6) is -1.47. The average Bonchev–Trinajstić information content (AvgIpc) is 2.44. The van der Waals surface area contributed by atoms with E-state index in [1.165, 1.54) is 19.3 Å². The largest absolute Gasteiger partial charge is 0.480 e. The maximum absolute atomic E-state index is 12.0. The highest BCUT2D eigenvalue weighted by molar-refractivity contribution is 5.90. The summed E-state index contributed by atoms with van der Waals surface area (Å²) in [6.07, 6.45) is 6.17. The fraction of sp³-hybridized carbons (Fsp3) is 0.812. The molecule has 0 aliphatic heterocycles. The van der Waals surface area contributed by atoms with E-state index >= 15 is 0 Å². The Hall–Kier alpha value is -1.59. The number of amides is 2. The van der Waals surface area contributed by atoms with Crippen molar-refractivity contribution in [1.29, 1.82) is 0 Å². The number of carboxylic acid groups (broad SMARTS) is 1. The number of rotatable bonds is 7. The van der Waals surface area contributed by atoms with Crippen LogP contribution < -0.4 is 10.6 Å². The van der Waals surface area contributed by atoms with Crippen LogP contribution in [0.1, 0.15) is 59.3 Å². The van der Waals surface area contributed by atoms with Crippen LogP contribution in [0.3, 0.4) is 0 Å². The molecule has 0 aromatic rings. The molecule has 1 unspecified atom stereocenters. The van der Waals surface area contributed by atoms with Gasteiger partial charge in [-0.05, 0) is 31.6 Å². The molecule has 126 valence electrons. The summed E-state index contributed by atoms with van der Waals surface area (Å²) in [6.45, 7) is 5.03. The highest BCUT2D eigenvalue weighted by atomic mass is 16.4. The Kier molecular flexibility index (Phi) is 7.35. The van der Waals surface area contributed by atoms with E-state index in [0.717, 1.165) is 12.8 Å². The van der Waals surface area contributed by atoms with Gasteiger partial charge >= 0.3 is 5.97 Å². The SMILES string of the molecule is CC(NC(=O)CC1CCCCC1)C(=O)N[C@@H](C(=O)O)C(C)C. The highest BCUT2D eigenvalue weighted by Gasteiger charge is 2.26. The van der Waals surface area contributed by atoms with E-state index in [2.05, 4.69) is 10.6 Å². The molecule has 1 rings (SSSR count). The standard InChI is InChI=1S/C16H28N2O4/c1-10(2)14(16(21)22)18-15(20)11(3)17-13(19)9-12-7-5-4-6-8-12/h10-12,14H,4-9H2,1-3H3,(H,17,19)(H,18,20)(H,21,22)/t11?,14-/m1/s1. The number of carbonyl (C=O) groups excluding carboxylic acids is 2. The van der Waals surface area contributed by atoms with E-state index in [0.29, 0.717) is 12.3 Å². The van der Waals surface area contributed by atoms with Crippen LogP contribution in [-0.2, 0) is 14.4 Å². The predicted molar refractivity (Wildman–Crippen MR) is 83.2 cm³/mol. The van der Waals surface area contributed by atoms with E-state index in [-0.39, 0.29) is 11.8 Å². The van der Waals surface area contributed by atoms with Gasteiger partial charge in [0.1, 0.15) is 12.1 Å². The molecular formula is C16H28N2O4. The van der Waals surface area contributed by atoms with Crippen LogP contribution >= 0.6 is 0 Å². The van der Waals surface area contributed by atoms with Crippen LogP contribution in [0.4, 0.5) is 0 Å². The van der Waals surface area contributed by atoms with Crippen molar-refractivity contribution in [1.82, 2.24) is 10.6 Å². The van der Waals surface area contributed by atoms with Gasteiger partial charge in [-0.3, -0.25) is 9.59 Å². The summed E-state index contributed by atoms with van der Waals surface area (Å²) < 4.78 is 0.